The molecule has 3 N–H and O–H groups in total. The van der Waals surface area contributed by atoms with Gasteiger partial charge in [0.15, 0.2) is 11.1 Å². The van der Waals surface area contributed by atoms with Crippen LogP contribution in [0, 0.1) is 0 Å². The number of hydrogen-bond donors (Lipinski definition) is 3. The van der Waals surface area contributed by atoms with Crippen LogP contribution >= 0.6 is 21.6 Å². The van der Waals surface area contributed by atoms with Crippen molar-refractivity contribution in [3.63, 3.8) is 0 Å². The number of aliphatic hydroxyl groups excluding tert-OH is 2. The largest absolute Gasteiger partial charge is 1.00 e. The van der Waals surface area contributed by atoms with Crippen molar-refractivity contribution in [3.8, 4) is 0 Å². The quantitative estimate of drug-likeness (QED) is 0.194. The zero-order valence-corrected chi connectivity index (χ0v) is 13.2. The Bertz CT molecular complexity index is 167. The molecule has 0 aliphatic carbocycles. The fraction of sp³-hybridized carbons (Fsp3) is 1.00. The van der Waals surface area contributed by atoms with Crippen LogP contribution in [0.3, 0.4) is 0 Å². The van der Waals surface area contributed by atoms with Crippen molar-refractivity contribution in [2.75, 3.05) is 23.9 Å². The maximum atomic E-state index is 10.3. The summed E-state index contributed by atoms with van der Waals surface area (Å²) in [5.74, 6) is 1.76. The molecule has 2 unspecified atom stereocenters. The van der Waals surface area contributed by atoms with Crippen molar-refractivity contribution in [2.24, 2.45) is 0 Å². The minimum atomic E-state index is -1.67. The van der Waals surface area contributed by atoms with E-state index in [9.17, 15) is 4.21 Å². The molecule has 0 bridgehead atoms. The summed E-state index contributed by atoms with van der Waals surface area (Å²) < 4.78 is 18.7. The molecule has 8 heteroatoms. The predicted molar refractivity (Wildman–Crippen MR) is 64.0 cm³/mol. The third-order valence-corrected chi connectivity index (χ3v) is 4.54. The first-order valence-electron chi connectivity index (χ1n) is 4.27. The van der Waals surface area contributed by atoms with E-state index >= 15 is 0 Å². The number of aliphatic hydroxyl groups is 2. The van der Waals surface area contributed by atoms with E-state index in [0.29, 0.717) is 11.5 Å². The predicted octanol–water partition coefficient (Wildman–Crippen LogP) is -2.16. The first-order valence-corrected chi connectivity index (χ1v) is 8.04. The minimum Gasteiger partial charge on any atom is -1.00 e. The van der Waals surface area contributed by atoms with Gasteiger partial charge in [-0.15, -0.1) is 0 Å². The number of rotatable bonds is 9. The molecule has 0 spiro atoms. The van der Waals surface area contributed by atoms with E-state index in [4.69, 9.17) is 14.8 Å². The van der Waals surface area contributed by atoms with Gasteiger partial charge in [0.1, 0.15) is 0 Å². The molecule has 0 saturated carbocycles. The van der Waals surface area contributed by atoms with Gasteiger partial charge in [-0.25, -0.2) is 4.21 Å². The summed E-state index contributed by atoms with van der Waals surface area (Å²) in [6, 6.07) is 0. The molecule has 0 saturated heterocycles. The van der Waals surface area contributed by atoms with Crippen LogP contribution in [-0.4, -0.2) is 48.9 Å². The van der Waals surface area contributed by atoms with Gasteiger partial charge in [-0.2, -0.15) is 0 Å². The maximum absolute atomic E-state index is 10.3. The minimum absolute atomic E-state index is 0. The number of hydrogen-bond acceptors (Lipinski definition) is 5. The zero-order valence-electron chi connectivity index (χ0n) is 9.79. The second-order valence-electron chi connectivity index (χ2n) is 2.68. The molecule has 0 fully saturated rings. The van der Waals surface area contributed by atoms with E-state index in [2.05, 4.69) is 0 Å². The first-order chi connectivity index (χ1) is 6.66. The summed E-state index contributed by atoms with van der Waals surface area (Å²) >= 11 is -1.67. The van der Waals surface area contributed by atoms with Crippen molar-refractivity contribution < 1.29 is 50.0 Å². The summed E-state index contributed by atoms with van der Waals surface area (Å²) in [6.45, 7) is -0.197. The molecule has 0 aliphatic heterocycles. The van der Waals surface area contributed by atoms with E-state index in [1.165, 1.54) is 10.8 Å². The van der Waals surface area contributed by atoms with Crippen LogP contribution in [0.5, 0.6) is 0 Å². The van der Waals surface area contributed by atoms with E-state index < -0.39 is 17.2 Å². The summed E-state index contributed by atoms with van der Waals surface area (Å²) in [7, 11) is 3.13. The molecule has 0 aromatic rings. The molecule has 15 heavy (non-hydrogen) atoms. The Labute approximate surface area is 124 Å². The van der Waals surface area contributed by atoms with Crippen molar-refractivity contribution in [3.05, 3.63) is 0 Å². The van der Waals surface area contributed by atoms with E-state index in [1.54, 1.807) is 10.8 Å². The normalized spacial score (nSPS) is 14.3. The van der Waals surface area contributed by atoms with Gasteiger partial charge >= 0.3 is 29.6 Å². The molecule has 0 radical (unpaired) electrons. The van der Waals surface area contributed by atoms with Gasteiger partial charge in [-0.3, -0.25) is 0 Å². The number of unbranched alkanes of at least 4 members (excludes halogenated alkanes) is 1. The molecule has 0 aliphatic rings. The van der Waals surface area contributed by atoms with Gasteiger partial charge in [0.2, 0.25) is 0 Å². The zero-order chi connectivity index (χ0) is 10.8. The smallest absolute Gasteiger partial charge is 1.00 e. The molecular formula is C7H17NaO4S3. The molecule has 0 aromatic heterocycles. The van der Waals surface area contributed by atoms with E-state index in [1.807, 2.05) is 0 Å². The molecule has 0 rings (SSSR count). The fourth-order valence-electron chi connectivity index (χ4n) is 0.625. The van der Waals surface area contributed by atoms with Crippen LogP contribution in [0.15, 0.2) is 0 Å². The Morgan fingerprint density at radius 2 is 2.00 bits per heavy atom. The second kappa shape index (κ2) is 13.8. The standard InChI is InChI=1S/C7H16O4S3.Na.H/c8-5-7(9)6-13-12-3-1-2-4-14(10)11;;/h7-9H,1-6H2,(H,10,11);;/q;+1;-1. The van der Waals surface area contributed by atoms with Crippen molar-refractivity contribution in [2.45, 2.75) is 18.9 Å². The van der Waals surface area contributed by atoms with Crippen molar-refractivity contribution in [1.29, 1.82) is 0 Å². The Kier molecular flexibility index (Phi) is 17.5. The van der Waals surface area contributed by atoms with Gasteiger partial charge in [0.25, 0.3) is 0 Å². The maximum Gasteiger partial charge on any atom is 1.00 e. The van der Waals surface area contributed by atoms with Gasteiger partial charge in [-0.05, 0) is 12.8 Å². The molecule has 0 aromatic carbocycles. The molecule has 88 valence electrons. The Morgan fingerprint density at radius 1 is 1.33 bits per heavy atom. The van der Waals surface area contributed by atoms with Gasteiger partial charge in [0.05, 0.1) is 12.7 Å². The van der Waals surface area contributed by atoms with Crippen LogP contribution in [0.4, 0.5) is 0 Å². The summed E-state index contributed by atoms with van der Waals surface area (Å²) in [6.07, 6.45) is 1.01. The van der Waals surface area contributed by atoms with Crippen LogP contribution in [0.1, 0.15) is 14.3 Å². The molecule has 4 nitrogen and oxygen atoms in total. The Morgan fingerprint density at radius 3 is 2.53 bits per heavy atom. The fourth-order valence-corrected chi connectivity index (χ4v) is 3.34. The van der Waals surface area contributed by atoms with Crippen LogP contribution in [0.2, 0.25) is 0 Å². The third kappa shape index (κ3) is 15.7. The Balaban J connectivity index is -0.000000845. The monoisotopic (exact) mass is 284 g/mol. The molecule has 2 atom stereocenters. The second-order valence-corrected chi connectivity index (χ2v) is 6.35. The summed E-state index contributed by atoms with van der Waals surface area (Å²) in [5.41, 5.74) is 0. The van der Waals surface area contributed by atoms with Gasteiger partial charge in [-0.1, -0.05) is 21.6 Å². The van der Waals surface area contributed by atoms with Crippen LogP contribution < -0.4 is 29.6 Å². The SMILES string of the molecule is O=S(O)CCCCSSCC(O)CO.[H-].[Na+]. The van der Waals surface area contributed by atoms with Gasteiger partial charge in [0, 0.05) is 17.3 Å². The topological polar surface area (TPSA) is 77.8 Å². The third-order valence-electron chi connectivity index (χ3n) is 1.35. The van der Waals surface area contributed by atoms with Gasteiger partial charge < -0.3 is 16.2 Å². The average molecular weight is 284 g/mol. The van der Waals surface area contributed by atoms with E-state index in [0.717, 1.165) is 18.6 Å². The molecule has 0 amide bonds. The summed E-state index contributed by atoms with van der Waals surface area (Å²) in [4.78, 5) is 0. The van der Waals surface area contributed by atoms with Crippen molar-refractivity contribution >= 4 is 32.7 Å². The van der Waals surface area contributed by atoms with E-state index in [-0.39, 0.29) is 37.6 Å². The van der Waals surface area contributed by atoms with Crippen molar-refractivity contribution in [1.82, 2.24) is 0 Å². The van der Waals surface area contributed by atoms with Crippen LogP contribution in [-0.2, 0) is 11.1 Å². The molecular weight excluding hydrogens is 267 g/mol. The van der Waals surface area contributed by atoms with Crippen LogP contribution in [0.25, 0.3) is 0 Å². The first kappa shape index (κ1) is 19.1. The average Bonchev–Trinajstić information content (AvgIpc) is 2.15. The molecule has 0 heterocycles. The Hall–Kier alpha value is 1.73. The summed E-state index contributed by atoms with van der Waals surface area (Å²) in [5, 5.41) is 17.5.